The lowest BCUT2D eigenvalue weighted by molar-refractivity contribution is -0.0149. The summed E-state index contributed by atoms with van der Waals surface area (Å²) in [5.74, 6) is -0.434. The summed E-state index contributed by atoms with van der Waals surface area (Å²) >= 11 is 0. The van der Waals surface area contributed by atoms with Crippen LogP contribution in [0.15, 0.2) is 52.1 Å². The molecule has 0 bridgehead atoms. The monoisotopic (exact) mass is 671 g/mol. The van der Waals surface area contributed by atoms with Crippen molar-refractivity contribution in [2.45, 2.75) is 77.0 Å². The Morgan fingerprint density at radius 2 is 1.89 bits per heavy atom. The van der Waals surface area contributed by atoms with Gasteiger partial charge in [-0.25, -0.2) is 8.42 Å². The van der Waals surface area contributed by atoms with Crippen LogP contribution in [0.4, 0.5) is 5.69 Å². The van der Waals surface area contributed by atoms with Gasteiger partial charge in [-0.15, -0.1) is 0 Å². The molecular formula is C33H45N5O8S. The third kappa shape index (κ3) is 8.87. The van der Waals surface area contributed by atoms with Gasteiger partial charge in [0.15, 0.2) is 10.7 Å². The van der Waals surface area contributed by atoms with Crippen LogP contribution in [0, 0.1) is 19.8 Å². The molecule has 2 N–H and O–H groups in total. The van der Waals surface area contributed by atoms with Gasteiger partial charge in [-0.1, -0.05) is 12.1 Å². The van der Waals surface area contributed by atoms with Gasteiger partial charge in [0, 0.05) is 56.3 Å². The highest BCUT2D eigenvalue weighted by Gasteiger charge is 2.32. The first-order chi connectivity index (χ1) is 22.3. The molecule has 0 saturated heterocycles. The van der Waals surface area contributed by atoms with Crippen LogP contribution < -0.4 is 9.46 Å². The van der Waals surface area contributed by atoms with Gasteiger partial charge in [0.2, 0.25) is 0 Å². The van der Waals surface area contributed by atoms with Crippen molar-refractivity contribution in [3.8, 4) is 5.75 Å². The zero-order valence-electron chi connectivity index (χ0n) is 27.8. The van der Waals surface area contributed by atoms with E-state index in [-0.39, 0.29) is 65.2 Å². The van der Waals surface area contributed by atoms with E-state index in [1.807, 2.05) is 13.8 Å². The zero-order chi connectivity index (χ0) is 34.3. The molecule has 0 fully saturated rings. The summed E-state index contributed by atoms with van der Waals surface area (Å²) in [4.78, 5) is 34.6. The van der Waals surface area contributed by atoms with Gasteiger partial charge in [0.05, 0.1) is 30.4 Å². The van der Waals surface area contributed by atoms with E-state index in [1.54, 1.807) is 55.5 Å². The van der Waals surface area contributed by atoms with Gasteiger partial charge in [-0.05, 0) is 77.3 Å². The molecule has 1 aliphatic rings. The fourth-order valence-corrected chi connectivity index (χ4v) is 6.96. The number of aromatic nitrogens is 2. The highest BCUT2D eigenvalue weighted by Crippen LogP contribution is 2.30. The van der Waals surface area contributed by atoms with Gasteiger partial charge in [0.1, 0.15) is 11.4 Å². The second-order valence-electron chi connectivity index (χ2n) is 12.2. The zero-order valence-corrected chi connectivity index (χ0v) is 28.6. The van der Waals surface area contributed by atoms with Crippen molar-refractivity contribution < 1.29 is 37.1 Å². The number of aliphatic hydroxyl groups excluding tert-OH is 1. The van der Waals surface area contributed by atoms with Crippen molar-refractivity contribution in [2.24, 2.45) is 5.92 Å². The molecule has 1 aliphatic heterocycles. The van der Waals surface area contributed by atoms with Crippen LogP contribution in [0.5, 0.6) is 5.75 Å². The molecule has 1 aromatic carbocycles. The Morgan fingerprint density at radius 1 is 1.17 bits per heavy atom. The third-order valence-corrected chi connectivity index (χ3v) is 9.89. The largest absolute Gasteiger partial charge is 0.490 e. The summed E-state index contributed by atoms with van der Waals surface area (Å²) < 4.78 is 46.8. The highest BCUT2D eigenvalue weighted by molar-refractivity contribution is 7.92. The summed E-state index contributed by atoms with van der Waals surface area (Å²) in [6, 6.07) is 7.29. The lowest BCUT2D eigenvalue weighted by Crippen LogP contribution is -2.48. The van der Waals surface area contributed by atoms with Crippen LogP contribution in [0.1, 0.15) is 72.2 Å². The normalized spacial score (nSPS) is 20.4. The van der Waals surface area contributed by atoms with Crippen molar-refractivity contribution in [3.05, 3.63) is 65.3 Å². The topological polar surface area (TPSA) is 164 Å². The molecule has 0 saturated carbocycles. The van der Waals surface area contributed by atoms with Gasteiger partial charge in [-0.3, -0.25) is 19.3 Å². The smallest absolute Gasteiger partial charge is 0.267 e. The average Bonchev–Trinajstić information content (AvgIpc) is 3.40. The number of hydrogen-bond donors (Lipinski definition) is 2. The number of amides is 2. The van der Waals surface area contributed by atoms with Crippen molar-refractivity contribution in [1.82, 2.24) is 19.9 Å². The lowest BCUT2D eigenvalue weighted by Gasteiger charge is -2.36. The molecule has 0 aliphatic carbocycles. The number of benzene rings is 1. The number of aliphatic hydroxyl groups is 1. The summed E-state index contributed by atoms with van der Waals surface area (Å²) in [7, 11) is -2.38. The molecule has 0 radical (unpaired) electrons. The molecule has 2 aromatic heterocycles. The minimum atomic E-state index is -4.09. The number of likely N-dealkylation sites (N-methyl/N-ethyl adjacent to an activating group) is 1. The Balaban J connectivity index is 1.67. The van der Waals surface area contributed by atoms with E-state index in [9.17, 15) is 23.1 Å². The molecule has 256 valence electrons. The number of rotatable bonds is 8. The van der Waals surface area contributed by atoms with Gasteiger partial charge < -0.3 is 28.9 Å². The predicted molar refractivity (Wildman–Crippen MR) is 175 cm³/mol. The molecule has 3 aromatic rings. The number of hydrogen-bond acceptors (Lipinski definition) is 10. The minimum Gasteiger partial charge on any atom is -0.490 e. The molecule has 4 rings (SSSR count). The Bertz CT molecular complexity index is 1610. The van der Waals surface area contributed by atoms with E-state index < -0.39 is 28.1 Å². The number of pyridine rings is 1. The van der Waals surface area contributed by atoms with Crippen LogP contribution in [0.25, 0.3) is 0 Å². The fourth-order valence-electron chi connectivity index (χ4n) is 5.58. The Morgan fingerprint density at radius 3 is 2.55 bits per heavy atom. The predicted octanol–water partition coefficient (Wildman–Crippen LogP) is 4.05. The molecule has 0 spiro atoms. The quantitative estimate of drug-likeness (QED) is 0.357. The van der Waals surface area contributed by atoms with E-state index in [2.05, 4.69) is 14.9 Å². The van der Waals surface area contributed by atoms with E-state index in [4.69, 9.17) is 14.0 Å². The van der Waals surface area contributed by atoms with Crippen LogP contribution in [0.2, 0.25) is 0 Å². The lowest BCUT2D eigenvalue weighted by atomic mass is 10.0. The Kier molecular flexibility index (Phi) is 12.0. The standard InChI is InChI=1S/C33H45N5O8S/c1-21-18-38(22(2)20-39)33(41)28-17-27(36-47(42,43)31-24(4)35-46-25(31)5)10-11-29(28)45-23(3)9-7-8-16-44-30(21)19-37(6)32(40)26-12-14-34-15-13-26/h10-15,17,21-23,30,36,39H,7-9,16,18-20H2,1-6H3/t21-,22+,23-,30-/m1/s1. The number of ether oxygens (including phenoxy) is 2. The molecule has 2 amide bonds. The number of nitrogens with zero attached hydrogens (tertiary/aromatic N) is 4. The maximum Gasteiger partial charge on any atom is 0.267 e. The summed E-state index contributed by atoms with van der Waals surface area (Å²) in [6.45, 7) is 9.25. The maximum absolute atomic E-state index is 14.4. The van der Waals surface area contributed by atoms with Gasteiger partial charge >= 0.3 is 0 Å². The maximum atomic E-state index is 14.4. The number of nitrogens with one attached hydrogen (secondary N) is 1. The SMILES string of the molecule is Cc1noc(C)c1S(=O)(=O)Nc1ccc2c(c1)C(=O)N([C@@H](C)CO)C[C@@H](C)[C@@H](CN(C)C(=O)c1ccncc1)OCCCC[C@@H](C)O2. The second kappa shape index (κ2) is 15.7. The van der Waals surface area contributed by atoms with Crippen LogP contribution >= 0.6 is 0 Å². The fraction of sp³-hybridized carbons (Fsp3) is 0.515. The molecule has 0 unspecified atom stereocenters. The molecule has 14 heteroatoms. The first-order valence-electron chi connectivity index (χ1n) is 15.8. The van der Waals surface area contributed by atoms with Crippen molar-refractivity contribution in [2.75, 3.05) is 38.1 Å². The van der Waals surface area contributed by atoms with E-state index >= 15 is 0 Å². The van der Waals surface area contributed by atoms with Crippen molar-refractivity contribution in [3.63, 3.8) is 0 Å². The molecular weight excluding hydrogens is 626 g/mol. The van der Waals surface area contributed by atoms with E-state index in [1.165, 1.54) is 24.8 Å². The molecule has 13 nitrogen and oxygen atoms in total. The van der Waals surface area contributed by atoms with Crippen LogP contribution in [0.3, 0.4) is 0 Å². The number of fused-ring (bicyclic) bond motifs is 1. The van der Waals surface area contributed by atoms with Gasteiger partial charge in [0.25, 0.3) is 21.8 Å². The Hall–Kier alpha value is -4.01. The summed E-state index contributed by atoms with van der Waals surface area (Å²) in [5, 5.41) is 14.0. The number of sulfonamides is 1. The Labute approximate surface area is 276 Å². The van der Waals surface area contributed by atoms with Crippen molar-refractivity contribution in [1.29, 1.82) is 0 Å². The number of aryl methyl sites for hydroxylation is 2. The van der Waals surface area contributed by atoms with E-state index in [0.29, 0.717) is 24.3 Å². The van der Waals surface area contributed by atoms with Gasteiger partial charge in [-0.2, -0.15) is 0 Å². The first kappa shape index (κ1) is 35.8. The molecule has 4 atom stereocenters. The molecule has 47 heavy (non-hydrogen) atoms. The second-order valence-corrected chi connectivity index (χ2v) is 13.8. The third-order valence-electron chi connectivity index (χ3n) is 8.27. The first-order valence-corrected chi connectivity index (χ1v) is 17.3. The van der Waals surface area contributed by atoms with Crippen LogP contribution in [-0.4, -0.2) is 96.9 Å². The number of carbonyl (C=O) groups excluding carboxylic acids is 2. The highest BCUT2D eigenvalue weighted by atomic mass is 32.2. The van der Waals surface area contributed by atoms with Crippen LogP contribution in [-0.2, 0) is 14.8 Å². The van der Waals surface area contributed by atoms with Crippen molar-refractivity contribution >= 4 is 27.5 Å². The summed E-state index contributed by atoms with van der Waals surface area (Å²) in [5.41, 5.74) is 1.01. The minimum absolute atomic E-state index is 0.0726. The molecule has 3 heterocycles. The van der Waals surface area contributed by atoms with E-state index in [0.717, 1.165) is 12.8 Å². The summed E-state index contributed by atoms with van der Waals surface area (Å²) in [6.07, 6.45) is 4.72. The number of anilines is 1. The average molecular weight is 672 g/mol. The number of carbonyl (C=O) groups is 2.